The highest BCUT2D eigenvalue weighted by Gasteiger charge is 2.22. The van der Waals surface area contributed by atoms with Crippen molar-refractivity contribution in [3.63, 3.8) is 0 Å². The number of carbonyl (C=O) groups is 1. The number of nitrogens with zero attached hydrogens (tertiary/aromatic N) is 4. The number of aryl methyl sites for hydroxylation is 1. The van der Waals surface area contributed by atoms with Crippen LogP contribution >= 0.6 is 0 Å². The van der Waals surface area contributed by atoms with Gasteiger partial charge in [-0.15, -0.1) is 0 Å². The van der Waals surface area contributed by atoms with Crippen molar-refractivity contribution < 1.29 is 4.79 Å². The molecule has 6 nitrogen and oxygen atoms in total. The van der Waals surface area contributed by atoms with Crippen LogP contribution in [0.2, 0.25) is 0 Å². The Kier molecular flexibility index (Phi) is 4.27. The number of hydrogen-bond acceptors (Lipinski definition) is 4. The molecule has 0 radical (unpaired) electrons. The van der Waals surface area contributed by atoms with E-state index >= 15 is 0 Å². The van der Waals surface area contributed by atoms with Gasteiger partial charge in [-0.2, -0.15) is 5.26 Å². The molecule has 2 N–H and O–H groups in total. The van der Waals surface area contributed by atoms with Crippen LogP contribution in [0.1, 0.15) is 17.5 Å². The van der Waals surface area contributed by atoms with Crippen molar-refractivity contribution in [2.45, 2.75) is 12.8 Å². The predicted octanol–water partition coefficient (Wildman–Crippen LogP) is 3.51. The van der Waals surface area contributed by atoms with Crippen LogP contribution in [-0.2, 0) is 6.42 Å². The summed E-state index contributed by atoms with van der Waals surface area (Å²) in [5.41, 5.74) is 10.6. The van der Waals surface area contributed by atoms with Gasteiger partial charge in [-0.05, 0) is 36.6 Å². The second kappa shape index (κ2) is 6.89. The number of nitrogens with two attached hydrogens (primary N) is 1. The molecule has 0 aliphatic carbocycles. The highest BCUT2D eigenvalue weighted by atomic mass is 16.2. The van der Waals surface area contributed by atoms with E-state index in [-0.39, 0.29) is 0 Å². The number of rotatable bonds is 2. The Morgan fingerprint density at radius 3 is 2.70 bits per heavy atom. The molecule has 3 aromatic rings. The van der Waals surface area contributed by atoms with Crippen LogP contribution in [0.4, 0.5) is 10.6 Å². The first-order valence-corrected chi connectivity index (χ1v) is 8.68. The molecule has 2 aromatic heterocycles. The Hall–Kier alpha value is -3.72. The third kappa shape index (κ3) is 3.11. The molecule has 0 saturated heterocycles. The van der Waals surface area contributed by atoms with Gasteiger partial charge in [0.2, 0.25) is 0 Å². The van der Waals surface area contributed by atoms with E-state index in [4.69, 9.17) is 5.73 Å². The third-order valence-electron chi connectivity index (χ3n) is 4.72. The molecule has 2 amide bonds. The molecule has 0 unspecified atom stereocenters. The van der Waals surface area contributed by atoms with Crippen molar-refractivity contribution in [3.8, 4) is 28.3 Å². The van der Waals surface area contributed by atoms with Gasteiger partial charge in [0, 0.05) is 47.4 Å². The number of benzene rings is 1. The molecule has 1 aliphatic rings. The van der Waals surface area contributed by atoms with E-state index in [9.17, 15) is 10.1 Å². The molecule has 0 saturated carbocycles. The first-order chi connectivity index (χ1) is 13.2. The number of amides is 2. The largest absolute Gasteiger partial charge is 0.351 e. The standard InChI is InChI=1S/C21H17N5O/c22-10-15-4-1-2-6-19(15)18-9-16(11-24-12-18)17-8-14-5-3-7-26(21(23)27)20(14)25-13-17/h1-2,4,6,8-9,11-13H,3,5,7H2,(H2,23,27). The molecular weight excluding hydrogens is 338 g/mol. The van der Waals surface area contributed by atoms with Crippen molar-refractivity contribution >= 4 is 11.8 Å². The van der Waals surface area contributed by atoms with Crippen LogP contribution in [0.3, 0.4) is 0 Å². The number of nitriles is 1. The van der Waals surface area contributed by atoms with Crippen LogP contribution < -0.4 is 10.6 Å². The average Bonchev–Trinajstić information content (AvgIpc) is 2.72. The molecule has 0 bridgehead atoms. The summed E-state index contributed by atoms with van der Waals surface area (Å²) in [6.45, 7) is 0.594. The van der Waals surface area contributed by atoms with Crippen LogP contribution in [0.25, 0.3) is 22.3 Å². The fourth-order valence-corrected chi connectivity index (χ4v) is 3.41. The zero-order valence-electron chi connectivity index (χ0n) is 14.6. The van der Waals surface area contributed by atoms with E-state index in [0.717, 1.165) is 40.7 Å². The molecule has 27 heavy (non-hydrogen) atoms. The van der Waals surface area contributed by atoms with Gasteiger partial charge in [0.15, 0.2) is 0 Å². The van der Waals surface area contributed by atoms with Gasteiger partial charge in [0.1, 0.15) is 5.82 Å². The highest BCUT2D eigenvalue weighted by Crippen LogP contribution is 2.31. The van der Waals surface area contributed by atoms with Gasteiger partial charge in [0.25, 0.3) is 0 Å². The van der Waals surface area contributed by atoms with E-state index in [2.05, 4.69) is 16.0 Å². The van der Waals surface area contributed by atoms with Crippen LogP contribution in [-0.4, -0.2) is 22.5 Å². The number of primary amides is 1. The molecule has 4 rings (SSSR count). The van der Waals surface area contributed by atoms with Crippen LogP contribution in [0.15, 0.2) is 55.0 Å². The first kappa shape index (κ1) is 16.7. The van der Waals surface area contributed by atoms with Gasteiger partial charge >= 0.3 is 6.03 Å². The number of anilines is 1. The minimum absolute atomic E-state index is 0.479. The first-order valence-electron chi connectivity index (χ1n) is 8.68. The minimum Gasteiger partial charge on any atom is -0.351 e. The topological polar surface area (TPSA) is 95.9 Å². The average molecular weight is 355 g/mol. The maximum atomic E-state index is 11.6. The Bertz CT molecular complexity index is 1070. The summed E-state index contributed by atoms with van der Waals surface area (Å²) in [5.74, 6) is 0.636. The number of aromatic nitrogens is 2. The van der Waals surface area contributed by atoms with Gasteiger partial charge in [-0.3, -0.25) is 9.88 Å². The lowest BCUT2D eigenvalue weighted by molar-refractivity contribution is 0.253. The quantitative estimate of drug-likeness (QED) is 0.761. The maximum absolute atomic E-state index is 11.6. The number of urea groups is 1. The zero-order chi connectivity index (χ0) is 18.8. The minimum atomic E-state index is -0.479. The molecule has 3 heterocycles. The van der Waals surface area contributed by atoms with E-state index in [1.54, 1.807) is 24.7 Å². The smallest absolute Gasteiger partial charge is 0.320 e. The number of carbonyl (C=O) groups excluding carboxylic acids is 1. The normalized spacial score (nSPS) is 12.9. The van der Waals surface area contributed by atoms with Crippen LogP contribution in [0, 0.1) is 11.3 Å². The summed E-state index contributed by atoms with van der Waals surface area (Å²) in [6.07, 6.45) is 6.97. The van der Waals surface area contributed by atoms with Crippen molar-refractivity contribution in [2.24, 2.45) is 5.73 Å². The monoisotopic (exact) mass is 355 g/mol. The van der Waals surface area contributed by atoms with Gasteiger partial charge in [-0.25, -0.2) is 9.78 Å². The highest BCUT2D eigenvalue weighted by molar-refractivity contribution is 5.91. The molecule has 0 spiro atoms. The summed E-state index contributed by atoms with van der Waals surface area (Å²) >= 11 is 0. The Morgan fingerprint density at radius 2 is 1.89 bits per heavy atom. The lowest BCUT2D eigenvalue weighted by Gasteiger charge is -2.26. The lowest BCUT2D eigenvalue weighted by atomic mass is 9.97. The van der Waals surface area contributed by atoms with Crippen molar-refractivity contribution in [3.05, 3.63) is 66.1 Å². The van der Waals surface area contributed by atoms with Crippen molar-refractivity contribution in [2.75, 3.05) is 11.4 Å². The number of hydrogen-bond donors (Lipinski definition) is 1. The SMILES string of the molecule is N#Cc1ccccc1-c1cncc(-c2cnc3c(c2)CCCN3C(N)=O)c1. The second-order valence-electron chi connectivity index (χ2n) is 6.42. The maximum Gasteiger partial charge on any atom is 0.320 e. The molecule has 1 aromatic carbocycles. The second-order valence-corrected chi connectivity index (χ2v) is 6.42. The molecule has 1 aliphatic heterocycles. The summed E-state index contributed by atoms with van der Waals surface area (Å²) < 4.78 is 0. The van der Waals surface area contributed by atoms with E-state index in [1.807, 2.05) is 30.3 Å². The van der Waals surface area contributed by atoms with Crippen LogP contribution in [0.5, 0.6) is 0 Å². The molecule has 0 fully saturated rings. The summed E-state index contributed by atoms with van der Waals surface area (Å²) in [4.78, 5) is 21.9. The van der Waals surface area contributed by atoms with Crippen molar-refractivity contribution in [1.82, 2.24) is 9.97 Å². The zero-order valence-corrected chi connectivity index (χ0v) is 14.6. The van der Waals surface area contributed by atoms with Gasteiger partial charge < -0.3 is 5.73 Å². The summed E-state index contributed by atoms with van der Waals surface area (Å²) in [7, 11) is 0. The molecule has 0 atom stereocenters. The van der Waals surface area contributed by atoms with E-state index < -0.39 is 6.03 Å². The molecule has 6 heteroatoms. The van der Waals surface area contributed by atoms with Gasteiger partial charge in [0.05, 0.1) is 11.6 Å². The molecule has 132 valence electrons. The number of pyridine rings is 2. The fourth-order valence-electron chi connectivity index (χ4n) is 3.41. The third-order valence-corrected chi connectivity index (χ3v) is 4.72. The van der Waals surface area contributed by atoms with Crippen molar-refractivity contribution in [1.29, 1.82) is 5.26 Å². The Balaban J connectivity index is 1.75. The molecular formula is C21H17N5O. The van der Waals surface area contributed by atoms with Gasteiger partial charge in [-0.1, -0.05) is 18.2 Å². The summed E-state index contributed by atoms with van der Waals surface area (Å²) in [5, 5.41) is 9.35. The fraction of sp³-hybridized carbons (Fsp3) is 0.143. The predicted molar refractivity (Wildman–Crippen MR) is 103 cm³/mol. The Morgan fingerprint density at radius 1 is 1.11 bits per heavy atom. The Labute approximate surface area is 156 Å². The lowest BCUT2D eigenvalue weighted by Crippen LogP contribution is -2.40. The van der Waals surface area contributed by atoms with E-state index in [1.165, 1.54) is 4.90 Å². The van der Waals surface area contributed by atoms with E-state index in [0.29, 0.717) is 17.9 Å². The summed E-state index contributed by atoms with van der Waals surface area (Å²) in [6, 6.07) is 13.2. The number of fused-ring (bicyclic) bond motifs is 1.